The smallest absolute Gasteiger partial charge is 0.268 e. The van der Waals surface area contributed by atoms with Crippen molar-refractivity contribution in [3.05, 3.63) is 27.8 Å². The second kappa shape index (κ2) is 5.06. The summed E-state index contributed by atoms with van der Waals surface area (Å²) in [6.45, 7) is 0. The van der Waals surface area contributed by atoms with E-state index in [2.05, 4.69) is 25.3 Å². The highest BCUT2D eigenvalue weighted by Gasteiger charge is 2.14. The van der Waals surface area contributed by atoms with Gasteiger partial charge < -0.3 is 9.72 Å². The molecule has 0 radical (unpaired) electrons. The van der Waals surface area contributed by atoms with E-state index in [1.807, 2.05) is 0 Å². The van der Waals surface area contributed by atoms with Crippen LogP contribution in [0.4, 0.5) is 5.95 Å². The summed E-state index contributed by atoms with van der Waals surface area (Å²) in [5, 5.41) is 4.51. The van der Waals surface area contributed by atoms with E-state index in [0.29, 0.717) is 21.8 Å². The summed E-state index contributed by atoms with van der Waals surface area (Å²) in [5.41, 5.74) is 0.923. The van der Waals surface area contributed by atoms with Crippen molar-refractivity contribution >= 4 is 46.0 Å². The minimum Gasteiger partial charge on any atom is -0.496 e. The molecular weight excluding hydrogens is 302 g/mol. The number of rotatable bonds is 3. The zero-order valence-electron chi connectivity index (χ0n) is 10.2. The van der Waals surface area contributed by atoms with Crippen LogP contribution in [0.15, 0.2) is 17.8 Å². The molecule has 0 aliphatic heterocycles. The highest BCUT2D eigenvalue weighted by Crippen LogP contribution is 2.23. The molecule has 0 aromatic carbocycles. The molecule has 0 atom stereocenters. The van der Waals surface area contributed by atoms with Crippen molar-refractivity contribution in [2.45, 2.75) is 0 Å². The minimum atomic E-state index is -0.329. The number of amides is 1. The number of hydrogen-bond acceptors (Lipinski definition) is 6. The molecule has 3 aromatic heterocycles. The van der Waals surface area contributed by atoms with Gasteiger partial charge in [-0.1, -0.05) is 11.6 Å². The highest BCUT2D eigenvalue weighted by atomic mass is 35.5. The van der Waals surface area contributed by atoms with Gasteiger partial charge in [-0.15, -0.1) is 11.3 Å². The third-order valence-electron chi connectivity index (χ3n) is 2.50. The largest absolute Gasteiger partial charge is 0.496 e. The summed E-state index contributed by atoms with van der Waals surface area (Å²) in [6.07, 6.45) is 1.46. The van der Waals surface area contributed by atoms with Gasteiger partial charge in [0.2, 0.25) is 5.95 Å². The molecule has 0 fully saturated rings. The molecule has 3 heterocycles. The average Bonchev–Trinajstić information content (AvgIpc) is 3.07. The Morgan fingerprint density at radius 2 is 2.35 bits per heavy atom. The number of ether oxygens (including phenoxy) is 1. The molecule has 0 spiro atoms. The summed E-state index contributed by atoms with van der Waals surface area (Å²) in [4.78, 5) is 27.4. The lowest BCUT2D eigenvalue weighted by Crippen LogP contribution is -2.13. The van der Waals surface area contributed by atoms with Gasteiger partial charge in [0.1, 0.15) is 11.3 Å². The van der Waals surface area contributed by atoms with Crippen LogP contribution >= 0.6 is 22.9 Å². The quantitative estimate of drug-likeness (QED) is 0.724. The summed E-state index contributed by atoms with van der Waals surface area (Å²) in [5.74, 6) is 0.401. The lowest BCUT2D eigenvalue weighted by atomic mass is 10.4. The van der Waals surface area contributed by atoms with Crippen molar-refractivity contribution in [3.8, 4) is 5.75 Å². The number of fused-ring (bicyclic) bond motifs is 1. The molecule has 20 heavy (non-hydrogen) atoms. The molecule has 1 amide bonds. The second-order valence-corrected chi connectivity index (χ2v) is 5.01. The maximum Gasteiger partial charge on any atom is 0.268 e. The van der Waals surface area contributed by atoms with Crippen molar-refractivity contribution in [2.24, 2.45) is 0 Å². The minimum absolute atomic E-state index is 0.104. The third-order valence-corrected chi connectivity index (χ3v) is 3.68. The fourth-order valence-electron chi connectivity index (χ4n) is 1.56. The van der Waals surface area contributed by atoms with E-state index < -0.39 is 0 Å². The molecule has 9 heteroatoms. The molecule has 0 aliphatic rings. The van der Waals surface area contributed by atoms with Crippen LogP contribution in [0.25, 0.3) is 11.2 Å². The second-order valence-electron chi connectivity index (χ2n) is 3.74. The average molecular weight is 310 g/mol. The molecule has 0 aliphatic carbocycles. The van der Waals surface area contributed by atoms with Gasteiger partial charge in [0.15, 0.2) is 10.8 Å². The van der Waals surface area contributed by atoms with E-state index in [-0.39, 0.29) is 17.0 Å². The van der Waals surface area contributed by atoms with Gasteiger partial charge in [0.25, 0.3) is 5.91 Å². The summed E-state index contributed by atoms with van der Waals surface area (Å²) >= 11 is 7.23. The first-order chi connectivity index (χ1) is 9.67. The number of halogens is 1. The van der Waals surface area contributed by atoms with Gasteiger partial charge in [0.05, 0.1) is 18.3 Å². The molecule has 7 nitrogen and oxygen atoms in total. The first-order valence-corrected chi connectivity index (χ1v) is 6.73. The van der Waals surface area contributed by atoms with Crippen molar-refractivity contribution in [1.29, 1.82) is 0 Å². The zero-order chi connectivity index (χ0) is 14.1. The van der Waals surface area contributed by atoms with Crippen LogP contribution in [-0.4, -0.2) is 33.0 Å². The van der Waals surface area contributed by atoms with Gasteiger partial charge in [-0.25, -0.2) is 4.98 Å². The molecular formula is C11H8ClN5O2S. The van der Waals surface area contributed by atoms with E-state index in [0.717, 1.165) is 0 Å². The molecule has 0 unspecified atom stereocenters. The predicted octanol–water partition coefficient (Wildman–Crippen LogP) is 2.33. The van der Waals surface area contributed by atoms with Gasteiger partial charge in [-0.05, 0) is 0 Å². The van der Waals surface area contributed by atoms with Crippen molar-refractivity contribution < 1.29 is 9.53 Å². The Bertz CT molecular complexity index is 784. The molecule has 3 rings (SSSR count). The van der Waals surface area contributed by atoms with Crippen LogP contribution in [0.5, 0.6) is 5.75 Å². The maximum absolute atomic E-state index is 12.0. The molecule has 0 saturated heterocycles. The Kier molecular flexibility index (Phi) is 3.25. The lowest BCUT2D eigenvalue weighted by molar-refractivity contribution is 0.102. The van der Waals surface area contributed by atoms with Crippen LogP contribution in [0.3, 0.4) is 0 Å². The van der Waals surface area contributed by atoms with Crippen molar-refractivity contribution in [1.82, 2.24) is 19.9 Å². The number of methoxy groups -OCH3 is 1. The number of H-pyrrole nitrogens is 1. The van der Waals surface area contributed by atoms with Gasteiger partial charge in [-0.2, -0.15) is 9.97 Å². The first-order valence-electron chi connectivity index (χ1n) is 5.48. The SMILES string of the molecule is COc1csc(C(=O)Nc2nc(Cl)c3[nH]cnc3n2)c1. The van der Waals surface area contributed by atoms with Crippen LogP contribution in [-0.2, 0) is 0 Å². The predicted molar refractivity (Wildman–Crippen MR) is 75.5 cm³/mol. The van der Waals surface area contributed by atoms with Crippen LogP contribution in [0.1, 0.15) is 9.67 Å². The molecule has 3 aromatic rings. The van der Waals surface area contributed by atoms with Crippen molar-refractivity contribution in [2.75, 3.05) is 12.4 Å². The topological polar surface area (TPSA) is 92.8 Å². The van der Waals surface area contributed by atoms with Crippen molar-refractivity contribution in [3.63, 3.8) is 0 Å². The van der Waals surface area contributed by atoms with Gasteiger partial charge in [-0.3, -0.25) is 10.1 Å². The number of imidazole rings is 1. The Morgan fingerprint density at radius 3 is 3.10 bits per heavy atom. The normalized spacial score (nSPS) is 10.7. The van der Waals surface area contributed by atoms with E-state index in [4.69, 9.17) is 16.3 Å². The number of aromatic amines is 1. The van der Waals surface area contributed by atoms with Crippen LogP contribution in [0.2, 0.25) is 5.15 Å². The molecule has 2 N–H and O–H groups in total. The Balaban J connectivity index is 1.86. The highest BCUT2D eigenvalue weighted by molar-refractivity contribution is 7.12. The number of nitrogens with zero attached hydrogens (tertiary/aromatic N) is 3. The van der Waals surface area contributed by atoms with E-state index in [1.165, 1.54) is 24.8 Å². The Labute approximate surface area is 122 Å². The van der Waals surface area contributed by atoms with Gasteiger partial charge in [0, 0.05) is 11.4 Å². The number of carbonyl (C=O) groups excluding carboxylic acids is 1. The standard InChI is InChI=1S/C11H8ClN5O2S/c1-19-5-2-6(20-3-5)10(18)17-11-15-8(12)7-9(16-11)14-4-13-7/h2-4H,1H3,(H2,13,14,15,16,17,18). The maximum atomic E-state index is 12.0. The number of carbonyl (C=O) groups is 1. The van der Waals surface area contributed by atoms with E-state index in [9.17, 15) is 4.79 Å². The van der Waals surface area contributed by atoms with Gasteiger partial charge >= 0.3 is 0 Å². The van der Waals surface area contributed by atoms with Crippen LogP contribution in [0, 0.1) is 0 Å². The number of anilines is 1. The molecule has 0 saturated carbocycles. The van der Waals surface area contributed by atoms with E-state index in [1.54, 1.807) is 11.4 Å². The number of aromatic nitrogens is 4. The molecule has 0 bridgehead atoms. The summed E-state index contributed by atoms with van der Waals surface area (Å²) < 4.78 is 5.03. The number of thiophene rings is 1. The molecule has 102 valence electrons. The lowest BCUT2D eigenvalue weighted by Gasteiger charge is -2.02. The monoisotopic (exact) mass is 309 g/mol. The van der Waals surface area contributed by atoms with Crippen LogP contribution < -0.4 is 10.1 Å². The number of hydrogen-bond donors (Lipinski definition) is 2. The number of nitrogens with one attached hydrogen (secondary N) is 2. The summed E-state index contributed by atoms with van der Waals surface area (Å²) in [7, 11) is 1.54. The fraction of sp³-hybridized carbons (Fsp3) is 0.0909. The Morgan fingerprint density at radius 1 is 1.50 bits per heavy atom. The Hall–Kier alpha value is -2.19. The summed E-state index contributed by atoms with van der Waals surface area (Å²) in [6, 6.07) is 1.63. The third kappa shape index (κ3) is 2.30. The first kappa shape index (κ1) is 12.8. The zero-order valence-corrected chi connectivity index (χ0v) is 11.7. The fourth-order valence-corrected chi connectivity index (χ4v) is 2.53. The van der Waals surface area contributed by atoms with E-state index >= 15 is 0 Å².